The van der Waals surface area contributed by atoms with Gasteiger partial charge < -0.3 is 31.9 Å². The van der Waals surface area contributed by atoms with E-state index in [1.165, 1.54) is 6.29 Å². The molecule has 0 amide bonds. The Morgan fingerprint density at radius 3 is 1.33 bits per heavy atom. The predicted molar refractivity (Wildman–Crippen MR) is 40.7 cm³/mol. The zero-order valence-electron chi connectivity index (χ0n) is 6.49. The van der Waals surface area contributed by atoms with E-state index in [4.69, 9.17) is 4.79 Å². The smallest absolute Gasteiger partial charge is 0.419 e. The predicted octanol–water partition coefficient (Wildman–Crippen LogP) is 1.93. The zero-order valence-corrected chi connectivity index (χ0v) is 8.66. The van der Waals surface area contributed by atoms with Crippen LogP contribution in [-0.2, 0) is 27.2 Å². The minimum Gasteiger partial charge on any atom is -0.419 e. The molecule has 0 aromatic rings. The molecule has 3 nitrogen and oxygen atoms in total. The normalized spacial score (nSPS) is 2.22. The van der Waals surface area contributed by atoms with Gasteiger partial charge >= 0.3 is 22.4 Å². The number of hydrogen-bond acceptors (Lipinski definition) is 1. The van der Waals surface area contributed by atoms with Gasteiger partial charge in [0.1, 0.15) is 0 Å². The first-order chi connectivity index (χ1) is 1.91. The molecule has 0 aliphatic carbocycles. The Labute approximate surface area is 73.6 Å². The standard InChI is InChI=1S/C3H3O.2CH3.Au.2H3N/c1-2-3-4;;;;;/h2H,1H2;2*1H3;;2*1H3/q3*-1;+1;;/p+2. The van der Waals surface area contributed by atoms with Crippen molar-refractivity contribution in [3.05, 3.63) is 27.5 Å². The molecule has 0 radical (unpaired) electrons. The van der Waals surface area contributed by atoms with Crippen LogP contribution in [0.15, 0.2) is 12.7 Å². The van der Waals surface area contributed by atoms with Gasteiger partial charge in [-0.1, -0.05) is 0 Å². The van der Waals surface area contributed by atoms with Crippen molar-refractivity contribution in [3.63, 3.8) is 0 Å². The van der Waals surface area contributed by atoms with Crippen LogP contribution in [0.2, 0.25) is 0 Å². The molecule has 0 aliphatic rings. The van der Waals surface area contributed by atoms with Gasteiger partial charge in [0.15, 0.2) is 0 Å². The largest absolute Gasteiger partial charge is 1.00 e. The van der Waals surface area contributed by atoms with E-state index in [-0.39, 0.29) is 49.5 Å². The quantitative estimate of drug-likeness (QED) is 0.432. The Kier molecular flexibility index (Phi) is 655. The van der Waals surface area contributed by atoms with E-state index in [0.717, 1.165) is 6.08 Å². The molecule has 4 heteroatoms. The summed E-state index contributed by atoms with van der Waals surface area (Å²) in [7, 11) is 0. The van der Waals surface area contributed by atoms with Gasteiger partial charge in [-0.2, -0.15) is 0 Å². The van der Waals surface area contributed by atoms with Crippen LogP contribution < -0.4 is 12.3 Å². The maximum Gasteiger partial charge on any atom is 1.00 e. The molecule has 0 heterocycles. The summed E-state index contributed by atoms with van der Waals surface area (Å²) in [4.78, 5) is 8.93. The Hall–Kier alpha value is 0.0703. The van der Waals surface area contributed by atoms with Crippen molar-refractivity contribution >= 4 is 6.29 Å². The minimum atomic E-state index is 0. The van der Waals surface area contributed by atoms with E-state index < -0.39 is 0 Å². The summed E-state index contributed by atoms with van der Waals surface area (Å²) in [5.74, 6) is 0. The molecule has 0 saturated heterocycles. The molecule has 8 N–H and O–H groups in total. The van der Waals surface area contributed by atoms with E-state index in [2.05, 4.69) is 6.58 Å². The number of rotatable bonds is 1. The van der Waals surface area contributed by atoms with E-state index in [1.807, 2.05) is 0 Å². The topological polar surface area (TPSA) is 90.1 Å². The summed E-state index contributed by atoms with van der Waals surface area (Å²) in [6.45, 7) is 3.06. The Morgan fingerprint density at radius 1 is 1.22 bits per heavy atom. The average Bonchev–Trinajstić information content (AvgIpc) is 1.37. The minimum absolute atomic E-state index is 0. The van der Waals surface area contributed by atoms with E-state index in [9.17, 15) is 0 Å². The molecule has 0 aromatic carbocycles. The van der Waals surface area contributed by atoms with Crippen LogP contribution in [-0.4, -0.2) is 6.29 Å². The SMILES string of the molecule is C=C[C-]=O.[Au+].[CH3-].[CH3-].[NH4+].[NH4+]. The molecular weight excluding hydrogens is 301 g/mol. The van der Waals surface area contributed by atoms with Gasteiger partial charge in [0.25, 0.3) is 0 Å². The maximum absolute atomic E-state index is 8.93. The van der Waals surface area contributed by atoms with Crippen LogP contribution in [0.4, 0.5) is 0 Å². The summed E-state index contributed by atoms with van der Waals surface area (Å²) in [5, 5.41) is 0. The maximum atomic E-state index is 8.93. The van der Waals surface area contributed by atoms with E-state index in [1.54, 1.807) is 0 Å². The average molecular weight is 318 g/mol. The van der Waals surface area contributed by atoms with Gasteiger partial charge in [-0.25, -0.2) is 12.7 Å². The molecule has 0 aromatic heterocycles. The van der Waals surface area contributed by atoms with Crippen molar-refractivity contribution in [2.75, 3.05) is 0 Å². The number of hydrogen-bond donors (Lipinski definition) is 2. The van der Waals surface area contributed by atoms with Crippen LogP contribution >= 0.6 is 0 Å². The summed E-state index contributed by atoms with van der Waals surface area (Å²) in [5.41, 5.74) is 0. The molecule has 0 fully saturated rings. The summed E-state index contributed by atoms with van der Waals surface area (Å²) < 4.78 is 0. The van der Waals surface area contributed by atoms with E-state index >= 15 is 0 Å². The molecule has 0 saturated carbocycles. The summed E-state index contributed by atoms with van der Waals surface area (Å²) in [6, 6.07) is 0. The Bertz CT molecular complexity index is 35.9. The molecule has 64 valence electrons. The van der Waals surface area contributed by atoms with Crippen molar-refractivity contribution in [1.29, 1.82) is 0 Å². The van der Waals surface area contributed by atoms with Gasteiger partial charge in [-0.3, -0.25) is 0 Å². The van der Waals surface area contributed by atoms with Crippen molar-refractivity contribution in [2.45, 2.75) is 0 Å². The number of quaternary nitrogens is 2. The number of allylic oxidation sites excluding steroid dienone is 1. The summed E-state index contributed by atoms with van der Waals surface area (Å²) >= 11 is 0. The van der Waals surface area contributed by atoms with Crippen molar-refractivity contribution in [1.82, 2.24) is 12.3 Å². The number of carbonyl (C=O) groups excluding carboxylic acids is 1. The Morgan fingerprint density at radius 2 is 1.33 bits per heavy atom. The first-order valence-corrected chi connectivity index (χ1v) is 0.901. The second kappa shape index (κ2) is 94.1. The third kappa shape index (κ3) is 260. The fourth-order valence-electron chi connectivity index (χ4n) is 0. The molecule has 0 unspecified atom stereocenters. The fourth-order valence-corrected chi connectivity index (χ4v) is 0. The molecule has 9 heavy (non-hydrogen) atoms. The van der Waals surface area contributed by atoms with Gasteiger partial charge in [-0.05, 0) is 6.29 Å². The fraction of sp³-hybridized carbons (Fsp3) is 0. The molecule has 0 atom stereocenters. The van der Waals surface area contributed by atoms with Crippen LogP contribution in [0, 0.1) is 14.9 Å². The van der Waals surface area contributed by atoms with Crippen LogP contribution in [0.1, 0.15) is 0 Å². The third-order valence-corrected chi connectivity index (χ3v) is 0.0833. The van der Waals surface area contributed by atoms with E-state index in [0.29, 0.717) is 0 Å². The van der Waals surface area contributed by atoms with Crippen molar-refractivity contribution < 1.29 is 27.2 Å². The second-order valence-corrected chi connectivity index (χ2v) is 0.322. The second-order valence-electron chi connectivity index (χ2n) is 0.322. The molecule has 0 bridgehead atoms. The van der Waals surface area contributed by atoms with Crippen molar-refractivity contribution in [2.24, 2.45) is 0 Å². The molecule has 0 aliphatic heterocycles. The molecule has 0 spiro atoms. The van der Waals surface area contributed by atoms with Crippen molar-refractivity contribution in [3.8, 4) is 0 Å². The summed E-state index contributed by atoms with van der Waals surface area (Å²) in [6.07, 6.45) is 2.51. The zero-order chi connectivity index (χ0) is 3.41. The van der Waals surface area contributed by atoms with Gasteiger partial charge in [0.2, 0.25) is 0 Å². The molecular formula is C5H17AuN2O. The van der Waals surface area contributed by atoms with Gasteiger partial charge in [0.05, 0.1) is 0 Å². The van der Waals surface area contributed by atoms with Crippen LogP contribution in [0.5, 0.6) is 0 Å². The first kappa shape index (κ1) is 62.7. The van der Waals surface area contributed by atoms with Crippen LogP contribution in [0.25, 0.3) is 0 Å². The van der Waals surface area contributed by atoms with Gasteiger partial charge in [-0.15, -0.1) is 0 Å². The molecule has 0 rings (SSSR count). The van der Waals surface area contributed by atoms with Gasteiger partial charge in [0, 0.05) is 0 Å². The first-order valence-electron chi connectivity index (χ1n) is 0.901. The monoisotopic (exact) mass is 318 g/mol. The van der Waals surface area contributed by atoms with Crippen LogP contribution in [0.3, 0.4) is 0 Å². The third-order valence-electron chi connectivity index (χ3n) is 0.0833. The Balaban J connectivity index is -0.00000000450.